The van der Waals surface area contributed by atoms with Crippen LogP contribution in [0.4, 0.5) is 4.39 Å². The Hall–Kier alpha value is -1.42. The molecule has 2 rings (SSSR count). The highest BCUT2D eigenvalue weighted by molar-refractivity contribution is 5.78. The molecule has 0 aliphatic heterocycles. The lowest BCUT2D eigenvalue weighted by Crippen LogP contribution is -2.00. The maximum absolute atomic E-state index is 13.1. The predicted octanol–water partition coefficient (Wildman–Crippen LogP) is 1.16. The largest absolute Gasteiger partial charge is 0.345 e. The van der Waals surface area contributed by atoms with E-state index < -0.39 is 0 Å². The molecule has 3 N–H and O–H groups in total. The van der Waals surface area contributed by atoms with Gasteiger partial charge in [0.25, 0.3) is 0 Å². The Kier molecular flexibility index (Phi) is 1.55. The third kappa shape index (κ3) is 0.887. The summed E-state index contributed by atoms with van der Waals surface area (Å²) >= 11 is 0. The van der Waals surface area contributed by atoms with Crippen LogP contribution in [0.5, 0.6) is 0 Å². The van der Waals surface area contributed by atoms with Crippen molar-refractivity contribution in [1.82, 2.24) is 9.97 Å². The van der Waals surface area contributed by atoms with Crippen LogP contribution in [0.2, 0.25) is 0 Å². The van der Waals surface area contributed by atoms with Crippen LogP contribution in [-0.4, -0.2) is 9.97 Å². The van der Waals surface area contributed by atoms with Gasteiger partial charge in [-0.05, 0) is 12.1 Å². The number of benzene rings is 1. The van der Waals surface area contributed by atoms with E-state index in [0.717, 1.165) is 5.52 Å². The van der Waals surface area contributed by atoms with Gasteiger partial charge >= 0.3 is 0 Å². The van der Waals surface area contributed by atoms with Crippen LogP contribution >= 0.6 is 0 Å². The highest BCUT2D eigenvalue weighted by Crippen LogP contribution is 2.17. The summed E-state index contributed by atoms with van der Waals surface area (Å²) in [4.78, 5) is 6.86. The second-order valence-electron chi connectivity index (χ2n) is 2.53. The van der Waals surface area contributed by atoms with Crippen molar-refractivity contribution in [3.63, 3.8) is 0 Å². The van der Waals surface area contributed by atoms with Crippen molar-refractivity contribution in [1.29, 1.82) is 0 Å². The van der Waals surface area contributed by atoms with Crippen LogP contribution in [0.25, 0.3) is 11.0 Å². The molecule has 4 heteroatoms. The summed E-state index contributed by atoms with van der Waals surface area (Å²) < 4.78 is 13.1. The van der Waals surface area contributed by atoms with Crippen LogP contribution < -0.4 is 5.73 Å². The van der Waals surface area contributed by atoms with Crippen LogP contribution in [0.15, 0.2) is 18.5 Å². The summed E-state index contributed by atoms with van der Waals surface area (Å²) in [6.07, 6.45) is 1.53. The molecule has 1 heterocycles. The zero-order valence-electron chi connectivity index (χ0n) is 6.34. The highest BCUT2D eigenvalue weighted by Gasteiger charge is 2.06. The number of H-pyrrole nitrogens is 1. The Balaban J connectivity index is 2.83. The number of rotatable bonds is 1. The summed E-state index contributed by atoms with van der Waals surface area (Å²) in [5.74, 6) is -0.294. The van der Waals surface area contributed by atoms with E-state index in [2.05, 4.69) is 9.97 Å². The van der Waals surface area contributed by atoms with E-state index in [4.69, 9.17) is 5.73 Å². The van der Waals surface area contributed by atoms with E-state index in [1.807, 2.05) is 0 Å². The van der Waals surface area contributed by atoms with Crippen molar-refractivity contribution in [2.45, 2.75) is 6.54 Å². The average Bonchev–Trinajstić information content (AvgIpc) is 2.52. The Labute approximate surface area is 68.4 Å². The van der Waals surface area contributed by atoms with Gasteiger partial charge < -0.3 is 10.7 Å². The highest BCUT2D eigenvalue weighted by atomic mass is 19.1. The molecular weight excluding hydrogens is 157 g/mol. The van der Waals surface area contributed by atoms with Crippen molar-refractivity contribution >= 4 is 11.0 Å². The number of aromatic amines is 1. The van der Waals surface area contributed by atoms with Gasteiger partial charge in [0.1, 0.15) is 5.82 Å². The van der Waals surface area contributed by atoms with E-state index in [-0.39, 0.29) is 12.4 Å². The third-order valence-electron chi connectivity index (χ3n) is 1.84. The third-order valence-corrected chi connectivity index (χ3v) is 1.84. The lowest BCUT2D eigenvalue weighted by molar-refractivity contribution is 0.613. The summed E-state index contributed by atoms with van der Waals surface area (Å²) in [5.41, 5.74) is 7.29. The molecule has 3 nitrogen and oxygen atoms in total. The van der Waals surface area contributed by atoms with Gasteiger partial charge in [-0.2, -0.15) is 0 Å². The first-order valence-corrected chi connectivity index (χ1v) is 3.63. The van der Waals surface area contributed by atoms with Crippen molar-refractivity contribution in [3.8, 4) is 0 Å². The van der Waals surface area contributed by atoms with Gasteiger partial charge in [-0.3, -0.25) is 0 Å². The van der Waals surface area contributed by atoms with Crippen molar-refractivity contribution in [3.05, 3.63) is 29.8 Å². The van der Waals surface area contributed by atoms with Gasteiger partial charge in [-0.15, -0.1) is 0 Å². The number of imidazole rings is 1. The van der Waals surface area contributed by atoms with Crippen molar-refractivity contribution < 1.29 is 4.39 Å². The zero-order valence-corrected chi connectivity index (χ0v) is 6.34. The van der Waals surface area contributed by atoms with Gasteiger partial charge in [0.2, 0.25) is 0 Å². The molecule has 0 aliphatic rings. The Morgan fingerprint density at radius 1 is 1.50 bits per heavy atom. The molecule has 0 atom stereocenters. The molecule has 2 aromatic rings. The first-order chi connectivity index (χ1) is 5.83. The first-order valence-electron chi connectivity index (χ1n) is 3.63. The molecule has 1 aromatic heterocycles. The van der Waals surface area contributed by atoms with E-state index >= 15 is 0 Å². The fourth-order valence-electron chi connectivity index (χ4n) is 1.24. The average molecular weight is 165 g/mol. The molecule has 62 valence electrons. The minimum atomic E-state index is -0.294. The molecule has 0 unspecified atom stereocenters. The Morgan fingerprint density at radius 2 is 2.33 bits per heavy atom. The monoisotopic (exact) mass is 165 g/mol. The number of fused-ring (bicyclic) bond motifs is 1. The van der Waals surface area contributed by atoms with Gasteiger partial charge in [0.05, 0.1) is 17.4 Å². The lowest BCUT2D eigenvalue weighted by atomic mass is 10.2. The predicted molar refractivity (Wildman–Crippen MR) is 43.9 cm³/mol. The number of nitrogens with two attached hydrogens (primary N) is 1. The van der Waals surface area contributed by atoms with E-state index in [9.17, 15) is 4.39 Å². The zero-order chi connectivity index (χ0) is 8.55. The van der Waals surface area contributed by atoms with Gasteiger partial charge in [-0.25, -0.2) is 9.37 Å². The van der Waals surface area contributed by atoms with Crippen LogP contribution in [-0.2, 0) is 6.54 Å². The lowest BCUT2D eigenvalue weighted by Gasteiger charge is -1.98. The van der Waals surface area contributed by atoms with Gasteiger partial charge in [0.15, 0.2) is 0 Å². The number of hydrogen-bond donors (Lipinski definition) is 2. The SMILES string of the molecule is NCc1c(F)ccc2[nH]cnc12. The maximum Gasteiger partial charge on any atom is 0.130 e. The van der Waals surface area contributed by atoms with Crippen molar-refractivity contribution in [2.24, 2.45) is 5.73 Å². The summed E-state index contributed by atoms with van der Waals surface area (Å²) in [6.45, 7) is 0.175. The van der Waals surface area contributed by atoms with Crippen LogP contribution in [0.1, 0.15) is 5.56 Å². The fraction of sp³-hybridized carbons (Fsp3) is 0.125. The smallest absolute Gasteiger partial charge is 0.130 e. The van der Waals surface area contributed by atoms with Gasteiger partial charge in [0, 0.05) is 12.1 Å². The fourth-order valence-corrected chi connectivity index (χ4v) is 1.24. The molecule has 0 fully saturated rings. The molecule has 0 spiro atoms. The van der Waals surface area contributed by atoms with E-state index in [1.54, 1.807) is 6.07 Å². The standard InChI is InChI=1S/C8H8FN3/c9-6-1-2-7-8(5(6)3-10)12-4-11-7/h1-2,4H,3,10H2,(H,11,12). The minimum absolute atomic E-state index is 0.175. The second-order valence-corrected chi connectivity index (χ2v) is 2.53. The molecule has 0 bridgehead atoms. The number of nitrogens with zero attached hydrogens (tertiary/aromatic N) is 1. The topological polar surface area (TPSA) is 54.7 Å². The van der Waals surface area contributed by atoms with E-state index in [0.29, 0.717) is 11.1 Å². The molecule has 12 heavy (non-hydrogen) atoms. The normalized spacial score (nSPS) is 10.8. The quantitative estimate of drug-likeness (QED) is 0.666. The van der Waals surface area contributed by atoms with Crippen LogP contribution in [0, 0.1) is 5.82 Å². The van der Waals surface area contributed by atoms with Crippen LogP contribution in [0.3, 0.4) is 0 Å². The second kappa shape index (κ2) is 2.57. The molecule has 0 saturated heterocycles. The number of aromatic nitrogens is 2. The Morgan fingerprint density at radius 3 is 3.08 bits per heavy atom. The molecule has 0 amide bonds. The first kappa shape index (κ1) is 7.24. The number of nitrogens with one attached hydrogen (secondary N) is 1. The molecule has 0 radical (unpaired) electrons. The molecule has 0 saturated carbocycles. The summed E-state index contributed by atoms with van der Waals surface area (Å²) in [6, 6.07) is 3.04. The van der Waals surface area contributed by atoms with Gasteiger partial charge in [-0.1, -0.05) is 0 Å². The molecular formula is C8H8FN3. The Bertz CT molecular complexity index is 408. The number of hydrogen-bond acceptors (Lipinski definition) is 2. The van der Waals surface area contributed by atoms with Crippen molar-refractivity contribution in [2.75, 3.05) is 0 Å². The molecule has 0 aliphatic carbocycles. The summed E-state index contributed by atoms with van der Waals surface area (Å²) in [5, 5.41) is 0. The molecule has 1 aromatic carbocycles. The summed E-state index contributed by atoms with van der Waals surface area (Å²) in [7, 11) is 0. The maximum atomic E-state index is 13.1. The number of halogens is 1. The minimum Gasteiger partial charge on any atom is -0.345 e. The van der Waals surface area contributed by atoms with E-state index in [1.165, 1.54) is 12.4 Å².